The molecule has 2 rings (SSSR count). The van der Waals surface area contributed by atoms with Crippen LogP contribution in [0.15, 0.2) is 12.1 Å². The van der Waals surface area contributed by atoms with Crippen LogP contribution in [0.4, 0.5) is 11.5 Å². The number of anilines is 1. The molecule has 1 aromatic heterocycles. The highest BCUT2D eigenvalue weighted by atomic mass is 16.6. The van der Waals surface area contributed by atoms with E-state index in [0.29, 0.717) is 12.5 Å². The molecule has 1 heterocycles. The standard InChI is InChI=1S/C12H15N3O5/c1-20-10-5-4-9(15(18)19)12(13-10)14(7-11(16)17)6-8-2-3-8/h4-5,8H,2-3,6-7H2,1H3,(H,16,17). The van der Waals surface area contributed by atoms with Gasteiger partial charge in [-0.1, -0.05) is 0 Å². The van der Waals surface area contributed by atoms with E-state index >= 15 is 0 Å². The third-order valence-corrected chi connectivity index (χ3v) is 3.04. The van der Waals surface area contributed by atoms with Crippen molar-refractivity contribution in [3.63, 3.8) is 0 Å². The molecule has 0 radical (unpaired) electrons. The largest absolute Gasteiger partial charge is 0.481 e. The number of ether oxygens (including phenoxy) is 1. The summed E-state index contributed by atoms with van der Waals surface area (Å²) in [6.45, 7) is 0.130. The Morgan fingerprint density at radius 3 is 2.80 bits per heavy atom. The number of carboxylic acids is 1. The normalized spacial score (nSPS) is 13.8. The molecule has 0 amide bonds. The van der Waals surface area contributed by atoms with E-state index < -0.39 is 10.9 Å². The Kier molecular flexibility index (Phi) is 4.02. The van der Waals surface area contributed by atoms with Crippen molar-refractivity contribution in [2.24, 2.45) is 5.92 Å². The molecule has 0 saturated heterocycles. The number of carbonyl (C=O) groups is 1. The van der Waals surface area contributed by atoms with Gasteiger partial charge in [0.1, 0.15) is 6.54 Å². The molecule has 1 N–H and O–H groups in total. The Labute approximate surface area is 115 Å². The fraction of sp³-hybridized carbons (Fsp3) is 0.500. The molecule has 0 aromatic carbocycles. The van der Waals surface area contributed by atoms with E-state index in [0.717, 1.165) is 12.8 Å². The fourth-order valence-corrected chi connectivity index (χ4v) is 1.91. The topological polar surface area (TPSA) is 106 Å². The Balaban J connectivity index is 2.36. The molecular formula is C12H15N3O5. The highest BCUT2D eigenvalue weighted by Crippen LogP contribution is 2.34. The lowest BCUT2D eigenvalue weighted by Crippen LogP contribution is -2.32. The zero-order valence-corrected chi connectivity index (χ0v) is 11.0. The van der Waals surface area contributed by atoms with Gasteiger partial charge in [-0.15, -0.1) is 0 Å². The second-order valence-corrected chi connectivity index (χ2v) is 4.67. The van der Waals surface area contributed by atoms with Crippen molar-refractivity contribution < 1.29 is 19.6 Å². The summed E-state index contributed by atoms with van der Waals surface area (Å²) in [4.78, 5) is 26.9. The molecule has 0 atom stereocenters. The van der Waals surface area contributed by atoms with Gasteiger partial charge in [0.25, 0.3) is 0 Å². The SMILES string of the molecule is COc1ccc([N+](=O)[O-])c(N(CC(=O)O)CC2CC2)n1. The first-order valence-corrected chi connectivity index (χ1v) is 6.17. The molecule has 8 nitrogen and oxygen atoms in total. The minimum Gasteiger partial charge on any atom is -0.481 e. The van der Waals surface area contributed by atoms with E-state index in [1.54, 1.807) is 0 Å². The van der Waals surface area contributed by atoms with Gasteiger partial charge in [0.05, 0.1) is 12.0 Å². The molecule has 0 unspecified atom stereocenters. The quantitative estimate of drug-likeness (QED) is 0.593. The van der Waals surface area contributed by atoms with Crippen molar-refractivity contribution in [2.75, 3.05) is 25.1 Å². The molecular weight excluding hydrogens is 266 g/mol. The predicted molar refractivity (Wildman–Crippen MR) is 70.0 cm³/mol. The Morgan fingerprint density at radius 2 is 2.30 bits per heavy atom. The van der Waals surface area contributed by atoms with Crippen molar-refractivity contribution in [3.8, 4) is 5.88 Å². The lowest BCUT2D eigenvalue weighted by Gasteiger charge is -2.21. The maximum atomic E-state index is 11.1. The van der Waals surface area contributed by atoms with Gasteiger partial charge < -0.3 is 14.7 Å². The smallest absolute Gasteiger partial charge is 0.323 e. The van der Waals surface area contributed by atoms with Crippen molar-refractivity contribution in [1.29, 1.82) is 0 Å². The van der Waals surface area contributed by atoms with Crippen LogP contribution in [0.3, 0.4) is 0 Å². The van der Waals surface area contributed by atoms with E-state index in [1.807, 2.05) is 0 Å². The summed E-state index contributed by atoms with van der Waals surface area (Å²) in [6, 6.07) is 2.67. The minimum absolute atomic E-state index is 0.0450. The number of aromatic nitrogens is 1. The van der Waals surface area contributed by atoms with E-state index in [9.17, 15) is 14.9 Å². The Morgan fingerprint density at radius 1 is 1.60 bits per heavy atom. The number of pyridine rings is 1. The van der Waals surface area contributed by atoms with Crippen molar-refractivity contribution in [2.45, 2.75) is 12.8 Å². The molecule has 0 aliphatic heterocycles. The number of carboxylic acid groups (broad SMARTS) is 1. The number of hydrogen-bond acceptors (Lipinski definition) is 6. The molecule has 108 valence electrons. The fourth-order valence-electron chi connectivity index (χ4n) is 1.91. The van der Waals surface area contributed by atoms with Crippen LogP contribution < -0.4 is 9.64 Å². The summed E-state index contributed by atoms with van der Waals surface area (Å²) in [5.74, 6) is -0.410. The Bertz CT molecular complexity index is 530. The lowest BCUT2D eigenvalue weighted by atomic mass is 10.3. The molecule has 0 spiro atoms. The van der Waals surface area contributed by atoms with Crippen LogP contribution in [0.1, 0.15) is 12.8 Å². The van der Waals surface area contributed by atoms with Gasteiger partial charge in [-0.3, -0.25) is 14.9 Å². The summed E-state index contributed by atoms with van der Waals surface area (Å²) >= 11 is 0. The molecule has 20 heavy (non-hydrogen) atoms. The molecule has 1 fully saturated rings. The Hall–Kier alpha value is -2.38. The third-order valence-electron chi connectivity index (χ3n) is 3.04. The summed E-state index contributed by atoms with van der Waals surface area (Å²) in [6.07, 6.45) is 2.02. The van der Waals surface area contributed by atoms with Gasteiger partial charge in [-0.25, -0.2) is 0 Å². The molecule has 1 aromatic rings. The molecule has 0 bridgehead atoms. The van der Waals surface area contributed by atoms with Crippen LogP contribution in [0.5, 0.6) is 5.88 Å². The minimum atomic E-state index is -1.05. The first-order valence-electron chi connectivity index (χ1n) is 6.17. The van der Waals surface area contributed by atoms with E-state index in [1.165, 1.54) is 24.1 Å². The monoisotopic (exact) mass is 281 g/mol. The lowest BCUT2D eigenvalue weighted by molar-refractivity contribution is -0.384. The third kappa shape index (κ3) is 3.34. The van der Waals surface area contributed by atoms with Gasteiger partial charge >= 0.3 is 11.7 Å². The number of nitro groups is 1. The first-order chi connectivity index (χ1) is 9.51. The summed E-state index contributed by atoms with van der Waals surface area (Å²) < 4.78 is 4.96. The summed E-state index contributed by atoms with van der Waals surface area (Å²) in [5, 5.41) is 20.0. The average molecular weight is 281 g/mol. The van der Waals surface area contributed by atoms with Crippen molar-refractivity contribution in [1.82, 2.24) is 4.98 Å². The van der Waals surface area contributed by atoms with Crippen LogP contribution in [0.2, 0.25) is 0 Å². The predicted octanol–water partition coefficient (Wildman–Crippen LogP) is 1.30. The number of aliphatic carboxylic acids is 1. The number of nitrogens with zero attached hydrogens (tertiary/aromatic N) is 3. The molecule has 1 saturated carbocycles. The van der Waals surface area contributed by atoms with Crippen molar-refractivity contribution >= 4 is 17.5 Å². The maximum absolute atomic E-state index is 11.1. The van der Waals surface area contributed by atoms with Gasteiger partial charge in [-0.2, -0.15) is 4.98 Å². The van der Waals surface area contributed by atoms with Gasteiger partial charge in [-0.05, 0) is 18.8 Å². The molecule has 1 aliphatic rings. The van der Waals surface area contributed by atoms with E-state index in [4.69, 9.17) is 9.84 Å². The van der Waals surface area contributed by atoms with Gasteiger partial charge in [0.15, 0.2) is 0 Å². The summed E-state index contributed by atoms with van der Waals surface area (Å²) in [7, 11) is 1.40. The van der Waals surface area contributed by atoms with Crippen LogP contribution in [0, 0.1) is 16.0 Å². The number of rotatable bonds is 7. The second-order valence-electron chi connectivity index (χ2n) is 4.67. The molecule has 1 aliphatic carbocycles. The first kappa shape index (κ1) is 14.0. The van der Waals surface area contributed by atoms with E-state index in [2.05, 4.69) is 4.98 Å². The van der Waals surface area contributed by atoms with E-state index in [-0.39, 0.29) is 23.9 Å². The average Bonchev–Trinajstić information content (AvgIpc) is 3.20. The number of hydrogen-bond donors (Lipinski definition) is 1. The highest BCUT2D eigenvalue weighted by Gasteiger charge is 2.30. The van der Waals surface area contributed by atoms with Gasteiger partial charge in [0.2, 0.25) is 11.7 Å². The zero-order valence-electron chi connectivity index (χ0n) is 11.0. The second kappa shape index (κ2) is 5.72. The summed E-state index contributed by atoms with van der Waals surface area (Å²) in [5.41, 5.74) is -0.215. The van der Waals surface area contributed by atoms with Crippen LogP contribution in [-0.2, 0) is 4.79 Å². The van der Waals surface area contributed by atoms with Crippen LogP contribution >= 0.6 is 0 Å². The van der Waals surface area contributed by atoms with Crippen molar-refractivity contribution in [3.05, 3.63) is 22.2 Å². The van der Waals surface area contributed by atoms with Crippen LogP contribution in [0.25, 0.3) is 0 Å². The highest BCUT2D eigenvalue weighted by molar-refractivity contribution is 5.75. The molecule has 8 heteroatoms. The zero-order chi connectivity index (χ0) is 14.7. The van der Waals surface area contributed by atoms with Crippen LogP contribution in [-0.4, -0.2) is 41.2 Å². The maximum Gasteiger partial charge on any atom is 0.323 e. The van der Waals surface area contributed by atoms with Gasteiger partial charge in [0, 0.05) is 18.7 Å². The number of methoxy groups -OCH3 is 1.